The number of nitro benzene ring substituents is 1. The third-order valence-corrected chi connectivity index (χ3v) is 4.01. The molecule has 0 aromatic heterocycles. The van der Waals surface area contributed by atoms with Crippen LogP contribution in [0, 0.1) is 17.0 Å². The molecule has 0 radical (unpaired) electrons. The van der Waals surface area contributed by atoms with Gasteiger partial charge in [0.1, 0.15) is 6.61 Å². The predicted molar refractivity (Wildman–Crippen MR) is 95.5 cm³/mol. The fourth-order valence-corrected chi connectivity index (χ4v) is 2.19. The molecule has 0 aliphatic heterocycles. The summed E-state index contributed by atoms with van der Waals surface area (Å²) < 4.78 is 6.13. The van der Waals surface area contributed by atoms with Gasteiger partial charge in [-0.3, -0.25) is 14.9 Å². The number of halogens is 1. The molecule has 0 aliphatic carbocycles. The first kappa shape index (κ1) is 19.4. The molecule has 0 saturated heterocycles. The number of aryl methyl sites for hydroxylation is 1. The molecule has 136 valence electrons. The Kier molecular flexibility index (Phi) is 6.29. The molecule has 2 aromatic rings. The summed E-state index contributed by atoms with van der Waals surface area (Å²) in [6.07, 6.45) is 0. The third kappa shape index (κ3) is 5.03. The molecule has 0 heterocycles. The average molecular weight is 423 g/mol. The predicted octanol–water partition coefficient (Wildman–Crippen LogP) is 3.71. The number of benzene rings is 2. The van der Waals surface area contributed by atoms with E-state index in [1.807, 2.05) is 0 Å². The van der Waals surface area contributed by atoms with Gasteiger partial charge in [0.2, 0.25) is 0 Å². The largest absolute Gasteiger partial charge is 0.457 e. The molecule has 26 heavy (non-hydrogen) atoms. The average Bonchev–Trinajstić information content (AvgIpc) is 2.60. The summed E-state index contributed by atoms with van der Waals surface area (Å²) >= 11 is 2.94. The van der Waals surface area contributed by atoms with E-state index in [4.69, 9.17) is 9.57 Å². The van der Waals surface area contributed by atoms with Gasteiger partial charge in [-0.05, 0) is 48.4 Å². The van der Waals surface area contributed by atoms with Crippen molar-refractivity contribution in [2.75, 3.05) is 0 Å². The van der Waals surface area contributed by atoms with Crippen molar-refractivity contribution in [3.8, 4) is 5.75 Å². The number of hydrogen-bond donors (Lipinski definition) is 0. The minimum absolute atomic E-state index is 0.00592. The van der Waals surface area contributed by atoms with Crippen LogP contribution in [0.5, 0.6) is 5.75 Å². The Labute approximate surface area is 157 Å². The second-order valence-electron chi connectivity index (χ2n) is 5.33. The number of rotatable bonds is 6. The summed E-state index contributed by atoms with van der Waals surface area (Å²) in [4.78, 5) is 38.7. The van der Waals surface area contributed by atoms with E-state index in [1.165, 1.54) is 43.3 Å². The van der Waals surface area contributed by atoms with E-state index in [2.05, 4.69) is 16.1 Å². The van der Waals surface area contributed by atoms with E-state index in [0.717, 1.165) is 4.09 Å². The van der Waals surface area contributed by atoms with E-state index >= 15 is 0 Å². The number of nitro groups is 1. The Morgan fingerprint density at radius 1 is 1.19 bits per heavy atom. The van der Waals surface area contributed by atoms with E-state index in [9.17, 15) is 19.7 Å². The number of amides is 1. The first-order valence-corrected chi connectivity index (χ1v) is 8.14. The molecular formula is C17H15BrN2O6. The zero-order valence-electron chi connectivity index (χ0n) is 14.0. The molecule has 0 bridgehead atoms. The molecule has 0 unspecified atom stereocenters. The highest BCUT2D eigenvalue weighted by Gasteiger charge is 2.14. The van der Waals surface area contributed by atoms with Crippen molar-refractivity contribution in [2.24, 2.45) is 0 Å². The van der Waals surface area contributed by atoms with Crippen molar-refractivity contribution in [1.29, 1.82) is 0 Å². The minimum Gasteiger partial charge on any atom is -0.457 e. The molecule has 9 heteroatoms. The van der Waals surface area contributed by atoms with Gasteiger partial charge in [-0.1, -0.05) is 0 Å². The normalized spacial score (nSPS) is 10.1. The van der Waals surface area contributed by atoms with Crippen LogP contribution in [0.1, 0.15) is 28.4 Å². The van der Waals surface area contributed by atoms with Crippen LogP contribution in [-0.4, -0.2) is 20.9 Å². The fourth-order valence-electron chi connectivity index (χ4n) is 2.02. The second-order valence-corrected chi connectivity index (χ2v) is 5.98. The zero-order chi connectivity index (χ0) is 19.3. The van der Waals surface area contributed by atoms with Crippen LogP contribution < -0.4 is 4.84 Å². The van der Waals surface area contributed by atoms with Gasteiger partial charge in [0.15, 0.2) is 5.75 Å². The minimum atomic E-state index is -0.533. The number of esters is 1. The summed E-state index contributed by atoms with van der Waals surface area (Å²) in [6, 6.07) is 10.4. The van der Waals surface area contributed by atoms with Crippen molar-refractivity contribution in [3.05, 3.63) is 69.3 Å². The van der Waals surface area contributed by atoms with Crippen molar-refractivity contribution in [1.82, 2.24) is 4.09 Å². The molecule has 0 spiro atoms. The summed E-state index contributed by atoms with van der Waals surface area (Å²) in [7, 11) is 0. The molecule has 2 rings (SSSR count). The van der Waals surface area contributed by atoms with Crippen LogP contribution in [0.3, 0.4) is 0 Å². The van der Waals surface area contributed by atoms with Crippen molar-refractivity contribution < 1.29 is 24.1 Å². The summed E-state index contributed by atoms with van der Waals surface area (Å²) in [5.74, 6) is -0.495. The Morgan fingerprint density at radius 3 is 2.38 bits per heavy atom. The monoisotopic (exact) mass is 422 g/mol. The number of non-ortho nitro benzene ring substituents is 1. The zero-order valence-corrected chi connectivity index (χ0v) is 15.6. The lowest BCUT2D eigenvalue weighted by atomic mass is 10.1. The van der Waals surface area contributed by atoms with E-state index < -0.39 is 10.9 Å². The van der Waals surface area contributed by atoms with Gasteiger partial charge >= 0.3 is 5.97 Å². The lowest BCUT2D eigenvalue weighted by molar-refractivity contribution is -0.384. The van der Waals surface area contributed by atoms with E-state index in [1.54, 1.807) is 13.0 Å². The Morgan fingerprint density at radius 2 is 1.85 bits per heavy atom. The molecule has 2 aromatic carbocycles. The second kappa shape index (κ2) is 8.43. The molecule has 1 amide bonds. The summed E-state index contributed by atoms with van der Waals surface area (Å²) in [6.45, 7) is 3.03. The Bertz CT molecular complexity index is 838. The van der Waals surface area contributed by atoms with Gasteiger partial charge in [-0.25, -0.2) is 4.79 Å². The highest BCUT2D eigenvalue weighted by Crippen LogP contribution is 2.21. The fraction of sp³-hybridized carbons (Fsp3) is 0.176. The number of carbonyl (C=O) groups is 2. The summed E-state index contributed by atoms with van der Waals surface area (Å²) in [5.41, 5.74) is 1.57. The van der Waals surface area contributed by atoms with Gasteiger partial charge in [0.25, 0.3) is 11.6 Å². The van der Waals surface area contributed by atoms with Gasteiger partial charge in [-0.15, -0.1) is 4.09 Å². The molecule has 8 nitrogen and oxygen atoms in total. The van der Waals surface area contributed by atoms with Gasteiger partial charge in [-0.2, -0.15) is 0 Å². The van der Waals surface area contributed by atoms with Gasteiger partial charge < -0.3 is 9.57 Å². The van der Waals surface area contributed by atoms with Gasteiger partial charge in [0, 0.05) is 19.1 Å². The van der Waals surface area contributed by atoms with Crippen LogP contribution in [0.25, 0.3) is 0 Å². The van der Waals surface area contributed by atoms with E-state index in [-0.39, 0.29) is 18.2 Å². The first-order valence-electron chi connectivity index (χ1n) is 7.43. The standard InChI is InChI=1S/C17H15BrN2O6/c1-11-9-15(26-19(18)12(2)21)7-8-16(11)17(22)25-10-13-3-5-14(6-4-13)20(23)24/h3-9H,10H2,1-2H3. The van der Waals surface area contributed by atoms with Crippen LogP contribution >= 0.6 is 16.1 Å². The van der Waals surface area contributed by atoms with Crippen molar-refractivity contribution in [3.63, 3.8) is 0 Å². The number of ether oxygens (including phenoxy) is 1. The maximum Gasteiger partial charge on any atom is 0.338 e. The van der Waals surface area contributed by atoms with Crippen LogP contribution in [0.15, 0.2) is 42.5 Å². The highest BCUT2D eigenvalue weighted by atomic mass is 79.9. The maximum absolute atomic E-state index is 12.2. The Hall–Kier alpha value is -2.94. The molecule has 0 fully saturated rings. The van der Waals surface area contributed by atoms with Gasteiger partial charge in [0.05, 0.1) is 26.6 Å². The molecule has 0 saturated carbocycles. The smallest absolute Gasteiger partial charge is 0.338 e. The first-order chi connectivity index (χ1) is 12.3. The molecule has 0 aliphatic rings. The van der Waals surface area contributed by atoms with Crippen LogP contribution in [-0.2, 0) is 16.1 Å². The summed E-state index contributed by atoms with van der Waals surface area (Å²) in [5, 5.41) is 10.6. The quantitative estimate of drug-likeness (QED) is 0.304. The SMILES string of the molecule is CC(=O)N(Br)Oc1ccc(C(=O)OCc2ccc([N+](=O)[O-])cc2)c(C)c1. The van der Waals surface area contributed by atoms with Crippen LogP contribution in [0.4, 0.5) is 5.69 Å². The maximum atomic E-state index is 12.2. The molecule has 0 N–H and O–H groups in total. The van der Waals surface area contributed by atoms with Crippen molar-refractivity contribution >= 4 is 33.7 Å². The number of hydrogen-bond acceptors (Lipinski definition) is 6. The highest BCUT2D eigenvalue weighted by molar-refractivity contribution is 9.07. The van der Waals surface area contributed by atoms with Crippen LogP contribution in [0.2, 0.25) is 0 Å². The third-order valence-electron chi connectivity index (χ3n) is 3.37. The lowest BCUT2D eigenvalue weighted by Crippen LogP contribution is -2.21. The lowest BCUT2D eigenvalue weighted by Gasteiger charge is -2.14. The topological polar surface area (TPSA) is 99.0 Å². The number of carbonyl (C=O) groups excluding carboxylic acids is 2. The number of nitrogens with zero attached hydrogens (tertiary/aromatic N) is 2. The Balaban J connectivity index is 2.00. The molecule has 0 atom stereocenters. The molecular weight excluding hydrogens is 408 g/mol. The van der Waals surface area contributed by atoms with Crippen molar-refractivity contribution in [2.45, 2.75) is 20.5 Å². The number of hydroxylamine groups is 1. The van der Waals surface area contributed by atoms with E-state index in [0.29, 0.717) is 22.4 Å².